The lowest BCUT2D eigenvalue weighted by molar-refractivity contribution is -0.143. The molecule has 1 aliphatic rings. The van der Waals surface area contributed by atoms with Crippen LogP contribution >= 0.6 is 0 Å². The molecular formula is C22H33N5O8. The Labute approximate surface area is 202 Å². The van der Waals surface area contributed by atoms with Crippen LogP contribution in [0.15, 0.2) is 24.3 Å². The summed E-state index contributed by atoms with van der Waals surface area (Å²) in [6.07, 6.45) is 0. The van der Waals surface area contributed by atoms with E-state index in [0.29, 0.717) is 50.5 Å². The lowest BCUT2D eigenvalue weighted by atomic mass is 10.0. The molecule has 0 amide bonds. The van der Waals surface area contributed by atoms with Crippen molar-refractivity contribution < 1.29 is 39.6 Å². The van der Waals surface area contributed by atoms with Crippen molar-refractivity contribution >= 4 is 29.6 Å². The van der Waals surface area contributed by atoms with E-state index in [4.69, 9.17) is 5.73 Å². The Morgan fingerprint density at radius 3 is 1.49 bits per heavy atom. The quantitative estimate of drug-likeness (QED) is 0.219. The molecule has 13 heteroatoms. The van der Waals surface area contributed by atoms with Crippen LogP contribution in [0.5, 0.6) is 0 Å². The van der Waals surface area contributed by atoms with Crippen LogP contribution in [0.4, 0.5) is 5.69 Å². The maximum Gasteiger partial charge on any atom is 0.317 e. The van der Waals surface area contributed by atoms with Gasteiger partial charge in [-0.2, -0.15) is 0 Å². The maximum atomic E-state index is 11.5. The molecule has 0 aromatic heterocycles. The molecule has 1 unspecified atom stereocenters. The summed E-state index contributed by atoms with van der Waals surface area (Å²) in [5, 5.41) is 37.3. The first kappa shape index (κ1) is 28.0. The lowest BCUT2D eigenvalue weighted by Gasteiger charge is -2.35. The van der Waals surface area contributed by atoms with Gasteiger partial charge in [0.25, 0.3) is 0 Å². The van der Waals surface area contributed by atoms with Crippen molar-refractivity contribution in [3.05, 3.63) is 29.8 Å². The summed E-state index contributed by atoms with van der Waals surface area (Å²) in [5.74, 6) is -4.32. The Morgan fingerprint density at radius 1 is 0.714 bits per heavy atom. The van der Waals surface area contributed by atoms with E-state index in [1.54, 1.807) is 34.1 Å². The van der Waals surface area contributed by atoms with Crippen molar-refractivity contribution in [3.63, 3.8) is 0 Å². The van der Waals surface area contributed by atoms with Crippen molar-refractivity contribution in [2.45, 2.75) is 6.04 Å². The predicted octanol–water partition coefficient (Wildman–Crippen LogP) is -1.13. The molecule has 1 aliphatic heterocycles. The lowest BCUT2D eigenvalue weighted by Crippen LogP contribution is -2.45. The number of nitrogens with zero attached hydrogens (tertiary/aromatic N) is 4. The fraction of sp³-hybridized carbons (Fsp3) is 0.545. The van der Waals surface area contributed by atoms with Gasteiger partial charge in [0.15, 0.2) is 0 Å². The minimum absolute atomic E-state index is 0.194. The number of nitrogens with two attached hydrogens (primary N) is 1. The SMILES string of the molecule is Nc1ccc(C(CN2CCN(CC(=O)O)CCN(CC(=O)O)CC2)N(CC(=O)O)CC(=O)O)cc1. The molecule has 1 atom stereocenters. The van der Waals surface area contributed by atoms with Gasteiger partial charge in [-0.15, -0.1) is 0 Å². The molecule has 1 heterocycles. The van der Waals surface area contributed by atoms with Crippen LogP contribution in [0.2, 0.25) is 0 Å². The number of nitrogen functional groups attached to an aromatic ring is 1. The monoisotopic (exact) mass is 495 g/mol. The Balaban J connectivity index is 2.32. The minimum Gasteiger partial charge on any atom is -0.480 e. The number of hydrogen-bond acceptors (Lipinski definition) is 9. The van der Waals surface area contributed by atoms with E-state index in [0.717, 1.165) is 0 Å². The Bertz CT molecular complexity index is 837. The second kappa shape index (κ2) is 13.6. The molecular weight excluding hydrogens is 462 g/mol. The van der Waals surface area contributed by atoms with E-state index in [1.165, 1.54) is 4.90 Å². The van der Waals surface area contributed by atoms with Crippen molar-refractivity contribution in [1.29, 1.82) is 0 Å². The number of carbonyl (C=O) groups is 4. The topological polar surface area (TPSA) is 188 Å². The molecule has 0 bridgehead atoms. The summed E-state index contributed by atoms with van der Waals surface area (Å²) in [5.41, 5.74) is 6.99. The molecule has 1 fully saturated rings. The highest BCUT2D eigenvalue weighted by Gasteiger charge is 2.28. The number of benzene rings is 1. The zero-order chi connectivity index (χ0) is 26.0. The average Bonchev–Trinajstić information content (AvgIpc) is 2.83. The smallest absolute Gasteiger partial charge is 0.317 e. The van der Waals surface area contributed by atoms with Crippen LogP contribution in [0.3, 0.4) is 0 Å². The second-order valence-electron chi connectivity index (χ2n) is 8.52. The van der Waals surface area contributed by atoms with Gasteiger partial charge >= 0.3 is 23.9 Å². The van der Waals surface area contributed by atoms with E-state index in [-0.39, 0.29) is 19.6 Å². The molecule has 13 nitrogen and oxygen atoms in total. The molecule has 1 saturated heterocycles. The molecule has 0 radical (unpaired) electrons. The van der Waals surface area contributed by atoms with Crippen LogP contribution in [0.25, 0.3) is 0 Å². The zero-order valence-corrected chi connectivity index (χ0v) is 19.5. The van der Waals surface area contributed by atoms with Crippen molar-refractivity contribution in [3.8, 4) is 0 Å². The number of anilines is 1. The molecule has 0 aliphatic carbocycles. The van der Waals surface area contributed by atoms with Crippen LogP contribution in [-0.4, -0.2) is 136 Å². The average molecular weight is 496 g/mol. The molecule has 1 aromatic carbocycles. The first-order valence-corrected chi connectivity index (χ1v) is 11.2. The van der Waals surface area contributed by atoms with Gasteiger partial charge in [-0.3, -0.25) is 38.8 Å². The molecule has 0 spiro atoms. The first-order valence-electron chi connectivity index (χ1n) is 11.2. The van der Waals surface area contributed by atoms with E-state index in [2.05, 4.69) is 0 Å². The Kier molecular flexibility index (Phi) is 10.9. The van der Waals surface area contributed by atoms with Gasteiger partial charge < -0.3 is 26.2 Å². The van der Waals surface area contributed by atoms with Gasteiger partial charge in [-0.1, -0.05) is 12.1 Å². The summed E-state index contributed by atoms with van der Waals surface area (Å²) in [4.78, 5) is 52.4. The highest BCUT2D eigenvalue weighted by molar-refractivity contribution is 5.73. The molecule has 6 N–H and O–H groups in total. The highest BCUT2D eigenvalue weighted by Crippen LogP contribution is 2.23. The summed E-state index contributed by atoms with van der Waals surface area (Å²) in [7, 11) is 0. The summed E-state index contributed by atoms with van der Waals surface area (Å²) in [6.45, 7) is 1.34. The van der Waals surface area contributed by atoms with Gasteiger partial charge in [-0.25, -0.2) is 0 Å². The number of hydrogen-bond donors (Lipinski definition) is 5. The van der Waals surface area contributed by atoms with E-state index in [9.17, 15) is 39.6 Å². The number of rotatable bonds is 12. The van der Waals surface area contributed by atoms with Gasteiger partial charge in [-0.05, 0) is 17.7 Å². The molecule has 1 aromatic rings. The van der Waals surface area contributed by atoms with Crippen LogP contribution < -0.4 is 5.73 Å². The number of carboxylic acids is 4. The summed E-state index contributed by atoms with van der Waals surface area (Å²) >= 11 is 0. The van der Waals surface area contributed by atoms with Crippen molar-refractivity contribution in [1.82, 2.24) is 19.6 Å². The van der Waals surface area contributed by atoms with Gasteiger partial charge in [0, 0.05) is 57.5 Å². The van der Waals surface area contributed by atoms with Crippen LogP contribution in [0, 0.1) is 0 Å². The summed E-state index contributed by atoms with van der Waals surface area (Å²) < 4.78 is 0. The summed E-state index contributed by atoms with van der Waals surface area (Å²) in [6, 6.07) is 6.15. The normalized spacial score (nSPS) is 17.3. The van der Waals surface area contributed by atoms with E-state index >= 15 is 0 Å². The van der Waals surface area contributed by atoms with E-state index < -0.39 is 43.0 Å². The minimum atomic E-state index is -1.17. The highest BCUT2D eigenvalue weighted by atomic mass is 16.4. The predicted molar refractivity (Wildman–Crippen MR) is 125 cm³/mol. The van der Waals surface area contributed by atoms with Crippen LogP contribution in [0.1, 0.15) is 11.6 Å². The van der Waals surface area contributed by atoms with Gasteiger partial charge in [0.1, 0.15) is 0 Å². The third kappa shape index (κ3) is 10.3. The molecule has 35 heavy (non-hydrogen) atoms. The van der Waals surface area contributed by atoms with Crippen molar-refractivity contribution in [2.24, 2.45) is 0 Å². The third-order valence-electron chi connectivity index (χ3n) is 5.78. The Morgan fingerprint density at radius 2 is 1.11 bits per heavy atom. The second-order valence-corrected chi connectivity index (χ2v) is 8.52. The third-order valence-corrected chi connectivity index (χ3v) is 5.78. The van der Waals surface area contributed by atoms with Gasteiger partial charge in [0.05, 0.1) is 26.2 Å². The first-order chi connectivity index (χ1) is 16.5. The van der Waals surface area contributed by atoms with Gasteiger partial charge in [0.2, 0.25) is 0 Å². The standard InChI is InChI=1S/C22H33N5O8/c23-17-3-1-16(2-4-17)18(27(14-21(32)33)15-22(34)35)11-24-5-7-25(12-19(28)29)9-10-26(8-6-24)13-20(30)31/h1-4,18H,5-15,23H2,(H,28,29)(H,30,31)(H,32,33)(H,34,35). The zero-order valence-electron chi connectivity index (χ0n) is 19.5. The fourth-order valence-corrected chi connectivity index (χ4v) is 4.08. The number of aliphatic carboxylic acids is 4. The molecule has 0 saturated carbocycles. The number of carboxylic acid groups (broad SMARTS) is 4. The maximum absolute atomic E-state index is 11.5. The molecule has 2 rings (SSSR count). The fourth-order valence-electron chi connectivity index (χ4n) is 4.08. The van der Waals surface area contributed by atoms with Crippen molar-refractivity contribution in [2.75, 3.05) is 77.7 Å². The Hall–Kier alpha value is -3.26. The largest absolute Gasteiger partial charge is 0.480 e. The van der Waals surface area contributed by atoms with Crippen LogP contribution in [-0.2, 0) is 19.2 Å². The molecule has 194 valence electrons. The van der Waals surface area contributed by atoms with E-state index in [1.807, 2.05) is 4.90 Å².